The fraction of sp³-hybridized carbons (Fsp3) is 0.143. The van der Waals surface area contributed by atoms with Crippen LogP contribution in [-0.2, 0) is 0 Å². The molecule has 1 heterocycles. The van der Waals surface area contributed by atoms with Gasteiger partial charge in [0.05, 0.1) is 17.8 Å². The molecule has 0 saturated carbocycles. The molecule has 1 aliphatic rings. The van der Waals surface area contributed by atoms with Crippen LogP contribution in [-0.4, -0.2) is 17.9 Å². The van der Waals surface area contributed by atoms with Crippen LogP contribution in [0.15, 0.2) is 48.7 Å². The van der Waals surface area contributed by atoms with Crippen molar-refractivity contribution in [2.24, 2.45) is 0 Å². The van der Waals surface area contributed by atoms with E-state index in [-0.39, 0.29) is 17.0 Å². The zero-order valence-corrected chi connectivity index (χ0v) is 9.91. The van der Waals surface area contributed by atoms with Gasteiger partial charge in [0.25, 0.3) is 6.43 Å². The number of nitrogens with zero attached hydrogens (tertiary/aromatic N) is 1. The zero-order valence-electron chi connectivity index (χ0n) is 9.91. The minimum absolute atomic E-state index is 0.0448. The highest BCUT2D eigenvalue weighted by molar-refractivity contribution is 5.70. The van der Waals surface area contributed by atoms with Crippen LogP contribution >= 0.6 is 0 Å². The van der Waals surface area contributed by atoms with Crippen LogP contribution in [0.5, 0.6) is 0 Å². The maximum absolute atomic E-state index is 13.7. The van der Waals surface area contributed by atoms with E-state index in [4.69, 9.17) is 0 Å². The molecule has 0 atom stereocenters. The lowest BCUT2D eigenvalue weighted by Gasteiger charge is -2.30. The van der Waals surface area contributed by atoms with E-state index in [9.17, 15) is 17.6 Å². The predicted octanol–water partition coefficient (Wildman–Crippen LogP) is 3.96. The molecule has 100 valence electrons. The molecule has 1 aromatic carbocycles. The van der Waals surface area contributed by atoms with Crippen LogP contribution in [0.4, 0.5) is 17.6 Å². The molecule has 0 unspecified atom stereocenters. The molecule has 0 fully saturated rings. The smallest absolute Gasteiger partial charge is 0.256 e. The Balaban J connectivity index is 2.48. The second-order valence-electron chi connectivity index (χ2n) is 4.00. The summed E-state index contributed by atoms with van der Waals surface area (Å²) in [5.74, 6) is -1.60. The Morgan fingerprint density at radius 3 is 2.37 bits per heavy atom. The maximum Gasteiger partial charge on any atom is 0.256 e. The number of alkyl halides is 2. The monoisotopic (exact) mass is 269 g/mol. The average molecular weight is 269 g/mol. The minimum atomic E-state index is -2.64. The molecule has 1 aliphatic heterocycles. The van der Waals surface area contributed by atoms with E-state index in [2.05, 4.69) is 6.58 Å². The van der Waals surface area contributed by atoms with Gasteiger partial charge in [0.15, 0.2) is 0 Å². The van der Waals surface area contributed by atoms with E-state index in [1.807, 2.05) is 0 Å². The molecule has 0 aliphatic carbocycles. The van der Waals surface area contributed by atoms with Gasteiger partial charge in [-0.3, -0.25) is 0 Å². The summed E-state index contributed by atoms with van der Waals surface area (Å²) in [6.07, 6.45) is 1.77. The first-order chi connectivity index (χ1) is 9.00. The quantitative estimate of drug-likeness (QED) is 0.751. The lowest BCUT2D eigenvalue weighted by Crippen LogP contribution is -2.28. The highest BCUT2D eigenvalue weighted by Gasteiger charge is 2.24. The zero-order chi connectivity index (χ0) is 14.0. The second kappa shape index (κ2) is 5.30. The molecule has 19 heavy (non-hydrogen) atoms. The third-order valence-electron chi connectivity index (χ3n) is 2.72. The lowest BCUT2D eigenvalue weighted by molar-refractivity contribution is 0.123. The Hall–Kier alpha value is -2.04. The molecule has 5 heteroatoms. The fourth-order valence-corrected chi connectivity index (χ4v) is 1.90. The van der Waals surface area contributed by atoms with E-state index in [0.29, 0.717) is 0 Å². The number of rotatable bonds is 3. The van der Waals surface area contributed by atoms with Crippen LogP contribution in [0.2, 0.25) is 0 Å². The number of benzene rings is 1. The van der Waals surface area contributed by atoms with E-state index in [1.54, 1.807) is 0 Å². The molecule has 0 aromatic heterocycles. The fourth-order valence-electron chi connectivity index (χ4n) is 1.90. The van der Waals surface area contributed by atoms with Crippen LogP contribution in [0.25, 0.3) is 5.70 Å². The first-order valence-electron chi connectivity index (χ1n) is 5.58. The van der Waals surface area contributed by atoms with Gasteiger partial charge >= 0.3 is 0 Å². The Labute approximate surface area is 108 Å². The van der Waals surface area contributed by atoms with Gasteiger partial charge in [-0.2, -0.15) is 0 Å². The summed E-state index contributed by atoms with van der Waals surface area (Å²) in [5, 5.41) is 0. The van der Waals surface area contributed by atoms with Crippen LogP contribution in [0.1, 0.15) is 5.56 Å². The molecule has 1 nitrogen and oxygen atoms in total. The van der Waals surface area contributed by atoms with E-state index >= 15 is 0 Å². The van der Waals surface area contributed by atoms with E-state index in [1.165, 1.54) is 24.3 Å². The van der Waals surface area contributed by atoms with Gasteiger partial charge in [-0.25, -0.2) is 17.6 Å². The first-order valence-corrected chi connectivity index (χ1v) is 5.58. The van der Waals surface area contributed by atoms with Crippen molar-refractivity contribution in [3.05, 3.63) is 65.9 Å². The third kappa shape index (κ3) is 2.70. The standard InChI is InChI=1S/C14H11F4N/c1-9-4-2-7-12(19(9)8-13(17)18)14-10(15)5-3-6-11(14)16/h2-7,13H,1,8H2. The number of hydrogen-bond acceptors (Lipinski definition) is 1. The van der Waals surface area contributed by atoms with Crippen molar-refractivity contribution in [1.29, 1.82) is 0 Å². The number of halogens is 4. The molecule has 0 N–H and O–H groups in total. The molecular weight excluding hydrogens is 258 g/mol. The van der Waals surface area contributed by atoms with Crippen molar-refractivity contribution in [2.45, 2.75) is 6.43 Å². The Morgan fingerprint density at radius 1 is 1.16 bits per heavy atom. The van der Waals surface area contributed by atoms with Crippen LogP contribution in [0.3, 0.4) is 0 Å². The molecule has 1 aromatic rings. The molecule has 0 amide bonds. The normalized spacial score (nSPS) is 15.1. The summed E-state index contributed by atoms with van der Waals surface area (Å²) in [6, 6.07) is 3.39. The third-order valence-corrected chi connectivity index (χ3v) is 2.72. The summed E-state index contributed by atoms with van der Waals surface area (Å²) < 4.78 is 52.6. The lowest BCUT2D eigenvalue weighted by atomic mass is 10.1. The van der Waals surface area contributed by atoms with Gasteiger partial charge in [-0.15, -0.1) is 0 Å². The van der Waals surface area contributed by atoms with E-state index < -0.39 is 24.6 Å². The first kappa shape index (κ1) is 13.4. The van der Waals surface area contributed by atoms with E-state index in [0.717, 1.165) is 17.0 Å². The van der Waals surface area contributed by atoms with Crippen molar-refractivity contribution in [3.63, 3.8) is 0 Å². The molecule has 0 saturated heterocycles. The highest BCUT2D eigenvalue weighted by atomic mass is 19.3. The number of hydrogen-bond donors (Lipinski definition) is 0. The Morgan fingerprint density at radius 2 is 1.79 bits per heavy atom. The predicted molar refractivity (Wildman–Crippen MR) is 65.3 cm³/mol. The van der Waals surface area contributed by atoms with Crippen molar-refractivity contribution in [1.82, 2.24) is 4.90 Å². The van der Waals surface area contributed by atoms with Crippen LogP contribution < -0.4 is 0 Å². The van der Waals surface area contributed by atoms with Gasteiger partial charge in [0.2, 0.25) is 0 Å². The molecule has 0 spiro atoms. The van der Waals surface area contributed by atoms with Gasteiger partial charge in [0.1, 0.15) is 11.6 Å². The summed E-state index contributed by atoms with van der Waals surface area (Å²) in [5.41, 5.74) is -0.0162. The largest absolute Gasteiger partial charge is 0.336 e. The summed E-state index contributed by atoms with van der Waals surface area (Å²) in [6.45, 7) is 2.94. The Bertz CT molecular complexity index is 540. The topological polar surface area (TPSA) is 3.24 Å². The second-order valence-corrected chi connectivity index (χ2v) is 4.00. The SMILES string of the molecule is C=C1C=CC=C(c2c(F)cccc2F)N1CC(F)F. The summed E-state index contributed by atoms with van der Waals surface area (Å²) in [4.78, 5) is 1.10. The molecule has 2 rings (SSSR count). The van der Waals surface area contributed by atoms with Crippen molar-refractivity contribution in [2.75, 3.05) is 6.54 Å². The average Bonchev–Trinajstić information content (AvgIpc) is 2.32. The number of allylic oxidation sites excluding steroid dienone is 3. The maximum atomic E-state index is 13.7. The summed E-state index contributed by atoms with van der Waals surface area (Å²) >= 11 is 0. The minimum Gasteiger partial charge on any atom is -0.336 e. The van der Waals surface area contributed by atoms with Crippen molar-refractivity contribution < 1.29 is 17.6 Å². The molecule has 0 radical (unpaired) electrons. The summed E-state index contributed by atoms with van der Waals surface area (Å²) in [7, 11) is 0. The van der Waals surface area contributed by atoms with Crippen molar-refractivity contribution in [3.8, 4) is 0 Å². The van der Waals surface area contributed by atoms with Gasteiger partial charge < -0.3 is 4.90 Å². The highest BCUT2D eigenvalue weighted by Crippen LogP contribution is 2.31. The molecule has 0 bridgehead atoms. The van der Waals surface area contributed by atoms with Gasteiger partial charge in [-0.05, 0) is 24.3 Å². The Kier molecular flexibility index (Phi) is 3.74. The van der Waals surface area contributed by atoms with Crippen molar-refractivity contribution >= 4 is 5.70 Å². The van der Waals surface area contributed by atoms with Gasteiger partial charge in [-0.1, -0.05) is 18.7 Å². The molecular formula is C14H11F4N. The van der Waals surface area contributed by atoms with Crippen LogP contribution in [0, 0.1) is 11.6 Å². The van der Waals surface area contributed by atoms with Gasteiger partial charge in [0, 0.05) is 5.70 Å².